The lowest BCUT2D eigenvalue weighted by atomic mass is 9.98. The molecule has 37 heavy (non-hydrogen) atoms. The molecule has 8 nitrogen and oxygen atoms in total. The lowest BCUT2D eigenvalue weighted by Crippen LogP contribution is -2.72. The first kappa shape index (κ1) is 34.9. The minimum absolute atomic E-state index is 0.522. The van der Waals surface area contributed by atoms with Crippen molar-refractivity contribution in [1.82, 2.24) is 4.31 Å². The van der Waals surface area contributed by atoms with Crippen LogP contribution in [0.25, 0.3) is 0 Å². The molecule has 0 aliphatic heterocycles. The first-order valence-corrected chi connectivity index (χ1v) is 10.6. The maximum atomic E-state index is 14.2. The van der Waals surface area contributed by atoms with Crippen LogP contribution in [-0.2, 0) is 19.6 Å². The van der Waals surface area contributed by atoms with E-state index in [1.807, 2.05) is 0 Å². The lowest BCUT2D eigenvalue weighted by Gasteiger charge is -2.40. The molecule has 0 aliphatic rings. The van der Waals surface area contributed by atoms with Crippen LogP contribution in [-0.4, -0.2) is 115 Å². The lowest BCUT2D eigenvalue weighted by molar-refractivity contribution is -0.883. The number of quaternary nitrogens is 1. The summed E-state index contributed by atoms with van der Waals surface area (Å²) in [7, 11) is -5.21. The molecule has 0 radical (unpaired) electrons. The highest BCUT2D eigenvalue weighted by atomic mass is 32.2. The van der Waals surface area contributed by atoms with E-state index in [0.29, 0.717) is 0 Å². The number of halogens is 13. The smallest absolute Gasteiger partial charge is 0.460 e. The van der Waals surface area contributed by atoms with Crippen LogP contribution in [0.2, 0.25) is 0 Å². The molecular formula is C15H18F13N2O6S+. The Kier molecular flexibility index (Phi) is 9.65. The van der Waals surface area contributed by atoms with Gasteiger partial charge in [0.25, 0.3) is 10.0 Å². The van der Waals surface area contributed by atoms with Gasteiger partial charge in [0, 0.05) is 13.0 Å². The predicted octanol–water partition coefficient (Wildman–Crippen LogP) is 2.95. The second kappa shape index (κ2) is 10.2. The van der Waals surface area contributed by atoms with Gasteiger partial charge in [0.1, 0.15) is 6.54 Å². The highest BCUT2D eigenvalue weighted by molar-refractivity contribution is 7.90. The molecule has 0 fully saturated rings. The highest BCUT2D eigenvalue weighted by Crippen LogP contribution is 2.61. The van der Waals surface area contributed by atoms with Crippen molar-refractivity contribution in [1.29, 1.82) is 0 Å². The Balaban J connectivity index is 6.53. The molecule has 220 valence electrons. The molecular weight excluding hydrogens is 583 g/mol. The van der Waals surface area contributed by atoms with E-state index < -0.39 is 98.5 Å². The molecule has 0 aliphatic carbocycles. The summed E-state index contributed by atoms with van der Waals surface area (Å²) in [6, 6.07) is 0. The molecule has 0 saturated carbocycles. The van der Waals surface area contributed by atoms with Gasteiger partial charge in [0.05, 0.1) is 20.6 Å². The first-order chi connectivity index (χ1) is 15.9. The number of rotatable bonds is 14. The summed E-state index contributed by atoms with van der Waals surface area (Å²) in [4.78, 5) is 21.6. The molecule has 0 bridgehead atoms. The average molecular weight is 601 g/mol. The van der Waals surface area contributed by atoms with Crippen LogP contribution in [0.4, 0.5) is 57.1 Å². The standard InChI is InChI=1S/C15H17F13N2O6S/c1-30(2,7-9(33)34)5-3-4-29(6-8(31)32)37(35,36)15(27,28)13(22,23)11(18,19)10(16,17)12(20,21)14(24,25)26/h3-7H2,1-2H3,(H-,31,32,33,34)/p+1. The molecule has 0 aromatic rings. The number of carbonyl (C=O) groups is 2. The average Bonchev–Trinajstić information content (AvgIpc) is 2.63. The van der Waals surface area contributed by atoms with Gasteiger partial charge in [-0.15, -0.1) is 0 Å². The summed E-state index contributed by atoms with van der Waals surface area (Å²) in [5.41, 5.74) is 0. The summed E-state index contributed by atoms with van der Waals surface area (Å²) in [6.45, 7) is -5.01. The molecule has 0 aromatic heterocycles. The summed E-state index contributed by atoms with van der Waals surface area (Å²) >= 11 is 0. The molecule has 2 N–H and O–H groups in total. The van der Waals surface area contributed by atoms with Crippen LogP contribution in [0.5, 0.6) is 0 Å². The van der Waals surface area contributed by atoms with Gasteiger partial charge in [0.2, 0.25) is 0 Å². The van der Waals surface area contributed by atoms with Gasteiger partial charge in [-0.1, -0.05) is 0 Å². The zero-order valence-corrected chi connectivity index (χ0v) is 19.1. The van der Waals surface area contributed by atoms with Crippen LogP contribution in [0, 0.1) is 0 Å². The summed E-state index contributed by atoms with van der Waals surface area (Å²) < 4.78 is 195. The van der Waals surface area contributed by atoms with Crippen LogP contribution in [0.3, 0.4) is 0 Å². The van der Waals surface area contributed by atoms with Crippen LogP contribution < -0.4 is 0 Å². The van der Waals surface area contributed by atoms with Crippen LogP contribution in [0.1, 0.15) is 6.42 Å². The van der Waals surface area contributed by atoms with E-state index in [1.54, 1.807) is 0 Å². The van der Waals surface area contributed by atoms with Gasteiger partial charge in [-0.2, -0.15) is 61.4 Å². The fourth-order valence-corrected chi connectivity index (χ4v) is 4.06. The normalized spacial score (nSPS) is 15.2. The van der Waals surface area contributed by atoms with Crippen molar-refractivity contribution in [3.8, 4) is 0 Å². The van der Waals surface area contributed by atoms with Crippen molar-refractivity contribution in [3.05, 3.63) is 0 Å². The van der Waals surface area contributed by atoms with E-state index in [2.05, 4.69) is 0 Å². The fraction of sp³-hybridized carbons (Fsp3) is 0.867. The third-order valence-corrected chi connectivity index (χ3v) is 6.51. The highest BCUT2D eigenvalue weighted by Gasteiger charge is 2.92. The zero-order chi connectivity index (χ0) is 30.3. The monoisotopic (exact) mass is 601 g/mol. The minimum atomic E-state index is -8.38. The maximum Gasteiger partial charge on any atom is 0.460 e. The van der Waals surface area contributed by atoms with E-state index in [9.17, 15) is 75.1 Å². The number of hydrogen-bond acceptors (Lipinski definition) is 4. The van der Waals surface area contributed by atoms with Gasteiger partial charge in [-0.3, -0.25) is 4.79 Å². The Morgan fingerprint density at radius 2 is 1.14 bits per heavy atom. The molecule has 0 atom stereocenters. The van der Waals surface area contributed by atoms with Crippen molar-refractivity contribution in [3.63, 3.8) is 0 Å². The molecule has 0 spiro atoms. The van der Waals surface area contributed by atoms with Crippen molar-refractivity contribution in [2.75, 3.05) is 40.3 Å². The number of aliphatic carboxylic acids is 2. The molecule has 0 unspecified atom stereocenters. The Labute approximate surface area is 198 Å². The molecule has 0 heterocycles. The van der Waals surface area contributed by atoms with E-state index in [-0.39, 0.29) is 0 Å². The molecule has 0 amide bonds. The summed E-state index contributed by atoms with van der Waals surface area (Å²) in [6.07, 6.45) is -8.53. The second-order valence-corrected chi connectivity index (χ2v) is 10.1. The van der Waals surface area contributed by atoms with Gasteiger partial charge in [-0.05, 0) is 0 Å². The largest absolute Gasteiger partial charge is 0.480 e. The van der Waals surface area contributed by atoms with Crippen molar-refractivity contribution in [2.45, 2.75) is 41.5 Å². The molecule has 0 rings (SSSR count). The Morgan fingerprint density at radius 1 is 0.730 bits per heavy atom. The third kappa shape index (κ3) is 6.32. The van der Waals surface area contributed by atoms with E-state index in [0.717, 1.165) is 14.1 Å². The fourth-order valence-electron chi connectivity index (χ4n) is 2.63. The third-order valence-electron chi connectivity index (χ3n) is 4.61. The second-order valence-electron chi connectivity index (χ2n) is 8.11. The Hall–Kier alpha value is -2.10. The zero-order valence-electron chi connectivity index (χ0n) is 18.3. The molecule has 22 heteroatoms. The topological polar surface area (TPSA) is 112 Å². The first-order valence-electron chi connectivity index (χ1n) is 9.15. The Bertz CT molecular complexity index is 966. The number of hydrogen-bond donors (Lipinski definition) is 2. The summed E-state index contributed by atoms with van der Waals surface area (Å²) in [5.74, 6) is -36.8. The van der Waals surface area contributed by atoms with Crippen LogP contribution in [0.15, 0.2) is 0 Å². The SMILES string of the molecule is C[N+](C)(CCCN(CC(=O)O)S(=O)(=O)C(F)(F)C(F)(F)C(F)(F)C(F)(F)C(F)(F)C(F)(F)F)CC(=O)O. The van der Waals surface area contributed by atoms with Gasteiger partial charge in [0.15, 0.2) is 6.54 Å². The maximum absolute atomic E-state index is 14.2. The number of alkyl halides is 13. The molecule has 0 saturated heterocycles. The van der Waals surface area contributed by atoms with Gasteiger partial charge in [-0.25, -0.2) is 13.2 Å². The van der Waals surface area contributed by atoms with Gasteiger partial charge >= 0.3 is 47.1 Å². The van der Waals surface area contributed by atoms with Crippen molar-refractivity contribution >= 4 is 22.0 Å². The minimum Gasteiger partial charge on any atom is -0.480 e. The number of sulfonamides is 1. The van der Waals surface area contributed by atoms with E-state index >= 15 is 0 Å². The van der Waals surface area contributed by atoms with E-state index in [4.69, 9.17) is 10.2 Å². The van der Waals surface area contributed by atoms with E-state index in [1.165, 1.54) is 0 Å². The quantitative estimate of drug-likeness (QED) is 0.234. The van der Waals surface area contributed by atoms with Crippen LogP contribution >= 0.6 is 0 Å². The summed E-state index contributed by atoms with van der Waals surface area (Å²) in [5, 5.41) is 9.81. The van der Waals surface area contributed by atoms with Gasteiger partial charge < -0.3 is 14.7 Å². The number of likely N-dealkylation sites (N-methyl/N-ethyl adjacent to an activating group) is 1. The Morgan fingerprint density at radius 3 is 1.49 bits per heavy atom. The predicted molar refractivity (Wildman–Crippen MR) is 93.0 cm³/mol. The van der Waals surface area contributed by atoms with Crippen molar-refractivity contribution in [2.24, 2.45) is 0 Å². The molecule has 0 aromatic carbocycles. The van der Waals surface area contributed by atoms with Crippen molar-refractivity contribution < 1.29 is 89.8 Å². The number of carboxylic acid groups (broad SMARTS) is 2. The number of carboxylic acids is 2. The number of nitrogens with zero attached hydrogens (tertiary/aromatic N) is 2.